The van der Waals surface area contributed by atoms with Crippen molar-refractivity contribution in [2.75, 3.05) is 27.4 Å². The van der Waals surface area contributed by atoms with Gasteiger partial charge in [-0.05, 0) is 48.9 Å². The maximum atomic E-state index is 15.4. The lowest BCUT2D eigenvalue weighted by Gasteiger charge is -2.31. The molecular weight excluding hydrogens is 691 g/mol. The molecule has 6 rings (SSSR count). The van der Waals surface area contributed by atoms with Crippen LogP contribution in [0.5, 0.6) is 11.5 Å². The number of amides is 2. The zero-order valence-corrected chi connectivity index (χ0v) is 28.4. The van der Waals surface area contributed by atoms with Crippen LogP contribution in [-0.2, 0) is 25.3 Å². The Morgan fingerprint density at radius 1 is 1.16 bits per heavy atom. The number of hydrogen-bond acceptors (Lipinski definition) is 9. The molecule has 0 saturated heterocycles. The van der Waals surface area contributed by atoms with Crippen molar-refractivity contribution in [2.45, 2.75) is 36.6 Å². The first-order valence-corrected chi connectivity index (χ1v) is 16.0. The van der Waals surface area contributed by atoms with Gasteiger partial charge in [-0.3, -0.25) is 15.0 Å². The van der Waals surface area contributed by atoms with Gasteiger partial charge >= 0.3 is 0 Å². The number of aromatic nitrogens is 1. The Hall–Kier alpha value is -5.34. The summed E-state index contributed by atoms with van der Waals surface area (Å²) in [6, 6.07) is 9.23. The molecule has 2 aromatic carbocycles. The molecular formula is C36H33ClF3N5O6. The Labute approximate surface area is 295 Å². The summed E-state index contributed by atoms with van der Waals surface area (Å²) in [6.07, 6.45) is 4.61. The van der Waals surface area contributed by atoms with Crippen molar-refractivity contribution in [1.82, 2.24) is 15.6 Å². The predicted octanol–water partition coefficient (Wildman–Crippen LogP) is 4.60. The summed E-state index contributed by atoms with van der Waals surface area (Å²) >= 11 is 6.04. The molecule has 2 heterocycles. The van der Waals surface area contributed by atoms with Crippen LogP contribution in [-0.4, -0.2) is 60.8 Å². The molecule has 2 atom stereocenters. The third-order valence-electron chi connectivity index (χ3n) is 9.15. The molecule has 3 aliphatic rings. The average Bonchev–Trinajstić information content (AvgIpc) is 3.76. The Morgan fingerprint density at radius 3 is 2.57 bits per heavy atom. The number of rotatable bonds is 11. The van der Waals surface area contributed by atoms with E-state index in [2.05, 4.69) is 15.6 Å². The van der Waals surface area contributed by atoms with E-state index in [0.29, 0.717) is 24.7 Å². The minimum Gasteiger partial charge on any atom is -0.497 e. The van der Waals surface area contributed by atoms with E-state index >= 15 is 4.39 Å². The van der Waals surface area contributed by atoms with Crippen LogP contribution in [0.15, 0.2) is 77.7 Å². The van der Waals surface area contributed by atoms with Crippen LogP contribution in [0.2, 0.25) is 5.02 Å². The molecule has 11 nitrogen and oxygen atoms in total. The number of halogens is 4. The number of fused-ring (bicyclic) bond motifs is 1. The van der Waals surface area contributed by atoms with Crippen molar-refractivity contribution in [3.05, 3.63) is 111 Å². The van der Waals surface area contributed by atoms with Crippen LogP contribution in [0.3, 0.4) is 0 Å². The van der Waals surface area contributed by atoms with Crippen molar-refractivity contribution >= 4 is 29.1 Å². The van der Waals surface area contributed by atoms with Gasteiger partial charge in [0.05, 0.1) is 31.5 Å². The number of benzene rings is 2. The lowest BCUT2D eigenvalue weighted by molar-refractivity contribution is -0.123. The van der Waals surface area contributed by atoms with E-state index in [1.54, 1.807) is 18.2 Å². The second-order valence-electron chi connectivity index (χ2n) is 12.6. The first-order valence-electron chi connectivity index (χ1n) is 15.6. The van der Waals surface area contributed by atoms with Crippen LogP contribution < -0.4 is 25.8 Å². The van der Waals surface area contributed by atoms with E-state index in [1.807, 2.05) is 0 Å². The van der Waals surface area contributed by atoms with Gasteiger partial charge in [0.25, 0.3) is 5.91 Å². The van der Waals surface area contributed by atoms with Crippen molar-refractivity contribution in [2.24, 2.45) is 5.73 Å². The number of hydrogen-bond donors (Lipinski definition) is 5. The van der Waals surface area contributed by atoms with Crippen LogP contribution in [0.1, 0.15) is 36.6 Å². The normalized spacial score (nSPS) is 20.7. The van der Waals surface area contributed by atoms with E-state index in [9.17, 15) is 23.5 Å². The third-order valence-corrected chi connectivity index (χ3v) is 9.44. The summed E-state index contributed by atoms with van der Waals surface area (Å²) in [7, 11) is 2.74. The molecule has 3 aromatic rings. The van der Waals surface area contributed by atoms with Gasteiger partial charge < -0.3 is 35.7 Å². The van der Waals surface area contributed by atoms with Crippen LogP contribution in [0.25, 0.3) is 11.3 Å². The van der Waals surface area contributed by atoms with Crippen LogP contribution in [0, 0.1) is 17.0 Å². The Balaban J connectivity index is 1.47. The van der Waals surface area contributed by atoms with E-state index in [-0.39, 0.29) is 63.1 Å². The van der Waals surface area contributed by atoms with Gasteiger partial charge in [-0.2, -0.15) is 0 Å². The molecule has 266 valence electrons. The topological polar surface area (TPSA) is 169 Å². The minimum absolute atomic E-state index is 0.0212. The summed E-state index contributed by atoms with van der Waals surface area (Å²) in [6.45, 7) is 0.711. The Morgan fingerprint density at radius 2 is 1.90 bits per heavy atom. The van der Waals surface area contributed by atoms with E-state index in [1.165, 1.54) is 51.6 Å². The number of nitrogens with two attached hydrogens (primary N) is 1. The highest BCUT2D eigenvalue weighted by Gasteiger charge is 2.46. The van der Waals surface area contributed by atoms with Crippen molar-refractivity contribution in [3.63, 3.8) is 0 Å². The molecule has 0 radical (unpaired) electrons. The molecule has 0 spiro atoms. The number of carbonyl (C=O) groups is 2. The average molecular weight is 724 g/mol. The fourth-order valence-corrected chi connectivity index (χ4v) is 5.88. The third kappa shape index (κ3) is 6.52. The number of ether oxygens (including phenoxy) is 3. The van der Waals surface area contributed by atoms with Gasteiger partial charge in [0.2, 0.25) is 5.91 Å². The van der Waals surface area contributed by atoms with Crippen molar-refractivity contribution in [1.29, 1.82) is 5.41 Å². The smallest absolute Gasteiger partial charge is 0.251 e. The maximum Gasteiger partial charge on any atom is 0.251 e. The highest BCUT2D eigenvalue weighted by Crippen LogP contribution is 2.47. The second-order valence-corrected chi connectivity index (χ2v) is 13.0. The number of aliphatic hydroxyl groups is 1. The molecule has 1 aliphatic heterocycles. The molecule has 6 N–H and O–H groups in total. The lowest BCUT2D eigenvalue weighted by Crippen LogP contribution is -2.43. The SMILES string of the molecule is COC1=CC(C(=O)NC[C@@](O)(c2cccc(OC)c2)c2cc3c(c(-c4cc(Cl)c(F)cc4F)n2)OC[C@]3(C)C(N)=O)=C/C(=C/NC2(F)CC2)C1=N. The fraction of sp³-hybridized carbons (Fsp3) is 0.278. The van der Waals surface area contributed by atoms with Crippen LogP contribution in [0.4, 0.5) is 13.2 Å². The summed E-state index contributed by atoms with van der Waals surface area (Å²) in [5, 5.41) is 26.0. The largest absolute Gasteiger partial charge is 0.497 e. The van der Waals surface area contributed by atoms with Crippen molar-refractivity contribution < 1.29 is 42.1 Å². The van der Waals surface area contributed by atoms with Crippen LogP contribution >= 0.6 is 11.6 Å². The highest BCUT2D eigenvalue weighted by molar-refractivity contribution is 6.31. The number of carbonyl (C=O) groups excluding carboxylic acids is 2. The minimum atomic E-state index is -2.21. The molecule has 1 fully saturated rings. The fourth-order valence-electron chi connectivity index (χ4n) is 5.72. The highest BCUT2D eigenvalue weighted by atomic mass is 35.5. The summed E-state index contributed by atoms with van der Waals surface area (Å²) in [5.41, 5.74) is 1.93. The van der Waals surface area contributed by atoms with E-state index in [0.717, 1.165) is 6.07 Å². The zero-order chi connectivity index (χ0) is 36.9. The van der Waals surface area contributed by atoms with E-state index < -0.39 is 51.8 Å². The number of allylic oxidation sites excluding steroid dienone is 2. The monoisotopic (exact) mass is 723 g/mol. The second kappa shape index (κ2) is 13.1. The van der Waals surface area contributed by atoms with E-state index in [4.69, 9.17) is 37.0 Å². The Kier molecular flexibility index (Phi) is 9.10. The number of pyridine rings is 1. The first-order chi connectivity index (χ1) is 24.1. The molecule has 0 bridgehead atoms. The van der Waals surface area contributed by atoms with Gasteiger partial charge in [-0.15, -0.1) is 0 Å². The molecule has 2 amide bonds. The quantitative estimate of drug-likeness (QED) is 0.141. The molecule has 15 heteroatoms. The Bertz CT molecular complexity index is 2080. The summed E-state index contributed by atoms with van der Waals surface area (Å²) in [5.74, 6) is -4.80. The maximum absolute atomic E-state index is 15.4. The molecule has 1 saturated carbocycles. The van der Waals surface area contributed by atoms with Gasteiger partial charge in [-0.25, -0.2) is 18.2 Å². The summed E-state index contributed by atoms with van der Waals surface area (Å²) < 4.78 is 60.5. The number of nitrogens with one attached hydrogen (secondary N) is 3. The molecule has 1 aromatic heterocycles. The van der Waals surface area contributed by atoms with Crippen molar-refractivity contribution in [3.8, 4) is 22.8 Å². The zero-order valence-electron chi connectivity index (χ0n) is 27.6. The van der Waals surface area contributed by atoms with Gasteiger partial charge in [0, 0.05) is 47.4 Å². The lowest BCUT2D eigenvalue weighted by atomic mass is 9.80. The number of primary amides is 1. The van der Waals surface area contributed by atoms with Gasteiger partial charge in [0.1, 0.15) is 57.9 Å². The molecule has 0 unspecified atom stereocenters. The number of nitrogens with zero attached hydrogens (tertiary/aromatic N) is 1. The standard InChI is InChI=1S/C36H33ClF3N5O6/c1-34(33(42)47)17-51-31-23(34)13-28(45-30(31)22-12-24(37)26(39)14-25(22)38)36(48,20-5-4-6-21(11-20)49-2)16-43-32(46)18-9-19(15-44-35(40)7-8-35)29(41)27(10-18)50-3/h4-6,9-15,41,44,48H,7-8,16-17H2,1-3H3,(H2,42,47)(H,43,46)/b19-15-,41-29?/t34-,36+/m0/s1. The summed E-state index contributed by atoms with van der Waals surface area (Å²) in [4.78, 5) is 31.1. The van der Waals surface area contributed by atoms with Gasteiger partial charge in [-0.1, -0.05) is 23.7 Å². The van der Waals surface area contributed by atoms with Gasteiger partial charge in [0.15, 0.2) is 5.79 Å². The molecule has 2 aliphatic carbocycles. The first kappa shape index (κ1) is 35.5. The number of alkyl halides is 1. The number of methoxy groups -OCH3 is 2. The molecule has 51 heavy (non-hydrogen) atoms. The predicted molar refractivity (Wildman–Crippen MR) is 181 cm³/mol.